The average Bonchev–Trinajstić information content (AvgIpc) is 3.16. The number of amidine groups is 1. The molecule has 0 aromatic heterocycles. The van der Waals surface area contributed by atoms with Gasteiger partial charge in [0, 0.05) is 5.56 Å². The van der Waals surface area contributed by atoms with Gasteiger partial charge in [-0.1, -0.05) is 78.9 Å². The molecule has 4 heteroatoms. The fraction of sp³-hybridized carbons (Fsp3) is 0.0345. The van der Waals surface area contributed by atoms with E-state index in [4.69, 9.17) is 9.73 Å². The van der Waals surface area contributed by atoms with Gasteiger partial charge in [-0.3, -0.25) is 9.69 Å². The second-order valence-electron chi connectivity index (χ2n) is 7.75. The highest BCUT2D eigenvalue weighted by Gasteiger charge is 2.33. The number of benzene rings is 4. The number of para-hydroxylation sites is 2. The fourth-order valence-electron chi connectivity index (χ4n) is 3.79. The summed E-state index contributed by atoms with van der Waals surface area (Å²) in [6, 6.07) is 34.9. The number of aliphatic imine (C=N–C) groups is 1. The van der Waals surface area contributed by atoms with Gasteiger partial charge in [0.1, 0.15) is 23.0 Å². The van der Waals surface area contributed by atoms with Crippen molar-refractivity contribution in [2.24, 2.45) is 4.99 Å². The molecule has 4 nitrogen and oxygen atoms in total. The predicted octanol–water partition coefficient (Wildman–Crippen LogP) is 6.62. The summed E-state index contributed by atoms with van der Waals surface area (Å²) in [5.41, 5.74) is 3.95. The van der Waals surface area contributed by atoms with Crippen LogP contribution in [0.2, 0.25) is 0 Å². The standard InChI is InChI=1S/C29H22N2O2/c1-21-11-8-9-18-27(21)31-28(23-13-4-2-5-14-23)30-26(29(31)32)20-22-12-10-17-25(19-22)33-24-15-6-3-7-16-24/h2-20H,1H3/b26-20+. The second-order valence-corrected chi connectivity index (χ2v) is 7.75. The van der Waals surface area contributed by atoms with E-state index in [1.165, 1.54) is 0 Å². The molecular formula is C29H22N2O2. The molecule has 0 radical (unpaired) electrons. The summed E-state index contributed by atoms with van der Waals surface area (Å²) in [6.45, 7) is 2.00. The Bertz CT molecular complexity index is 1360. The molecule has 4 aromatic carbocycles. The van der Waals surface area contributed by atoms with Gasteiger partial charge in [0.25, 0.3) is 5.91 Å². The van der Waals surface area contributed by atoms with Crippen molar-refractivity contribution in [2.75, 3.05) is 4.90 Å². The van der Waals surface area contributed by atoms with Crippen molar-refractivity contribution in [3.8, 4) is 11.5 Å². The molecule has 0 bridgehead atoms. The summed E-state index contributed by atoms with van der Waals surface area (Å²) in [7, 11) is 0. The van der Waals surface area contributed by atoms with Crippen LogP contribution in [0.3, 0.4) is 0 Å². The maximum Gasteiger partial charge on any atom is 0.282 e. The molecule has 4 aromatic rings. The third-order valence-electron chi connectivity index (χ3n) is 5.39. The Kier molecular flexibility index (Phi) is 5.56. The zero-order valence-corrected chi connectivity index (χ0v) is 18.2. The number of ether oxygens (including phenoxy) is 1. The number of anilines is 1. The lowest BCUT2D eigenvalue weighted by Gasteiger charge is -2.20. The molecule has 0 aliphatic carbocycles. The van der Waals surface area contributed by atoms with E-state index in [1.807, 2.05) is 116 Å². The van der Waals surface area contributed by atoms with Gasteiger partial charge in [-0.15, -0.1) is 0 Å². The highest BCUT2D eigenvalue weighted by atomic mass is 16.5. The Labute approximate surface area is 193 Å². The quantitative estimate of drug-likeness (QED) is 0.334. The van der Waals surface area contributed by atoms with E-state index in [0.29, 0.717) is 17.3 Å². The Morgan fingerprint density at radius 1 is 0.758 bits per heavy atom. The van der Waals surface area contributed by atoms with E-state index in [1.54, 1.807) is 11.0 Å². The summed E-state index contributed by atoms with van der Waals surface area (Å²) in [6.07, 6.45) is 1.81. The Balaban J connectivity index is 1.53. The number of aryl methyl sites for hydroxylation is 1. The average molecular weight is 431 g/mol. The van der Waals surface area contributed by atoms with Crippen LogP contribution in [-0.2, 0) is 4.79 Å². The molecular weight excluding hydrogens is 408 g/mol. The molecule has 0 atom stereocenters. The van der Waals surface area contributed by atoms with Gasteiger partial charge in [-0.25, -0.2) is 4.99 Å². The number of hydrogen-bond donors (Lipinski definition) is 0. The minimum absolute atomic E-state index is 0.155. The normalized spacial score (nSPS) is 14.5. The number of amides is 1. The van der Waals surface area contributed by atoms with Crippen LogP contribution < -0.4 is 9.64 Å². The van der Waals surface area contributed by atoms with Gasteiger partial charge in [-0.05, 0) is 54.5 Å². The minimum atomic E-state index is -0.155. The third-order valence-corrected chi connectivity index (χ3v) is 5.39. The first kappa shape index (κ1) is 20.5. The summed E-state index contributed by atoms with van der Waals surface area (Å²) in [4.78, 5) is 20.0. The summed E-state index contributed by atoms with van der Waals surface area (Å²) in [5.74, 6) is 1.92. The maximum absolute atomic E-state index is 13.5. The molecule has 0 spiro atoms. The van der Waals surface area contributed by atoms with Crippen LogP contribution in [0.15, 0.2) is 120 Å². The van der Waals surface area contributed by atoms with E-state index in [-0.39, 0.29) is 5.91 Å². The first-order chi connectivity index (χ1) is 16.2. The van der Waals surface area contributed by atoms with E-state index < -0.39 is 0 Å². The number of nitrogens with zero attached hydrogens (tertiary/aromatic N) is 2. The van der Waals surface area contributed by atoms with Crippen LogP contribution in [0.4, 0.5) is 5.69 Å². The minimum Gasteiger partial charge on any atom is -0.457 e. The number of carbonyl (C=O) groups excluding carboxylic acids is 1. The van der Waals surface area contributed by atoms with Gasteiger partial charge >= 0.3 is 0 Å². The lowest BCUT2D eigenvalue weighted by molar-refractivity contribution is -0.113. The molecule has 1 aliphatic rings. The predicted molar refractivity (Wildman–Crippen MR) is 133 cm³/mol. The molecule has 0 N–H and O–H groups in total. The monoisotopic (exact) mass is 430 g/mol. The number of rotatable bonds is 5. The van der Waals surface area contributed by atoms with E-state index >= 15 is 0 Å². The van der Waals surface area contributed by atoms with Crippen molar-refractivity contribution in [3.05, 3.63) is 132 Å². The molecule has 33 heavy (non-hydrogen) atoms. The van der Waals surface area contributed by atoms with Crippen LogP contribution in [0.1, 0.15) is 16.7 Å². The number of hydrogen-bond acceptors (Lipinski definition) is 3. The first-order valence-electron chi connectivity index (χ1n) is 10.8. The van der Waals surface area contributed by atoms with Crippen molar-refractivity contribution in [3.63, 3.8) is 0 Å². The lowest BCUT2D eigenvalue weighted by Crippen LogP contribution is -2.33. The van der Waals surface area contributed by atoms with Crippen LogP contribution in [0.5, 0.6) is 11.5 Å². The van der Waals surface area contributed by atoms with Crippen molar-refractivity contribution >= 4 is 23.5 Å². The van der Waals surface area contributed by atoms with Crippen LogP contribution in [0, 0.1) is 6.92 Å². The summed E-state index contributed by atoms with van der Waals surface area (Å²) >= 11 is 0. The third kappa shape index (κ3) is 4.32. The van der Waals surface area contributed by atoms with Gasteiger partial charge < -0.3 is 4.74 Å². The lowest BCUT2D eigenvalue weighted by atomic mass is 10.1. The van der Waals surface area contributed by atoms with Gasteiger partial charge in [0.2, 0.25) is 0 Å². The highest BCUT2D eigenvalue weighted by Crippen LogP contribution is 2.30. The zero-order valence-electron chi connectivity index (χ0n) is 18.2. The second kappa shape index (κ2) is 8.97. The van der Waals surface area contributed by atoms with Crippen molar-refractivity contribution in [1.82, 2.24) is 0 Å². The SMILES string of the molecule is Cc1ccccc1N1C(=O)/C(=C\c2cccc(Oc3ccccc3)c2)N=C1c1ccccc1. The largest absolute Gasteiger partial charge is 0.457 e. The molecule has 0 saturated carbocycles. The summed E-state index contributed by atoms with van der Waals surface area (Å²) in [5, 5.41) is 0. The Morgan fingerprint density at radius 2 is 1.42 bits per heavy atom. The molecule has 1 amide bonds. The molecule has 5 rings (SSSR count). The summed E-state index contributed by atoms with van der Waals surface area (Å²) < 4.78 is 5.95. The van der Waals surface area contributed by atoms with E-state index in [2.05, 4.69) is 0 Å². The van der Waals surface area contributed by atoms with Gasteiger partial charge in [-0.2, -0.15) is 0 Å². The maximum atomic E-state index is 13.5. The smallest absolute Gasteiger partial charge is 0.282 e. The fourth-order valence-corrected chi connectivity index (χ4v) is 3.79. The topological polar surface area (TPSA) is 41.9 Å². The first-order valence-corrected chi connectivity index (χ1v) is 10.8. The van der Waals surface area contributed by atoms with Gasteiger partial charge in [0.05, 0.1) is 5.69 Å². The highest BCUT2D eigenvalue weighted by molar-refractivity contribution is 6.33. The van der Waals surface area contributed by atoms with Crippen molar-refractivity contribution < 1.29 is 9.53 Å². The molecule has 1 aliphatic heterocycles. The van der Waals surface area contributed by atoms with E-state index in [9.17, 15) is 4.79 Å². The molecule has 160 valence electrons. The van der Waals surface area contributed by atoms with Crippen molar-refractivity contribution in [1.29, 1.82) is 0 Å². The molecule has 1 heterocycles. The van der Waals surface area contributed by atoms with Crippen LogP contribution in [0.25, 0.3) is 6.08 Å². The molecule has 0 fully saturated rings. The number of carbonyl (C=O) groups is 1. The molecule has 0 saturated heterocycles. The molecule has 0 unspecified atom stereocenters. The van der Waals surface area contributed by atoms with E-state index in [0.717, 1.165) is 28.1 Å². The zero-order chi connectivity index (χ0) is 22.6. The Morgan fingerprint density at radius 3 is 2.18 bits per heavy atom. The van der Waals surface area contributed by atoms with Crippen LogP contribution >= 0.6 is 0 Å². The van der Waals surface area contributed by atoms with Crippen LogP contribution in [-0.4, -0.2) is 11.7 Å². The Hall–Kier alpha value is -4.44. The van der Waals surface area contributed by atoms with Crippen molar-refractivity contribution in [2.45, 2.75) is 6.92 Å². The van der Waals surface area contributed by atoms with Gasteiger partial charge in [0.15, 0.2) is 0 Å².